The molecule has 1 fully saturated rings. The lowest BCUT2D eigenvalue weighted by atomic mass is 9.99. The minimum Gasteiger partial charge on any atom is -0.480 e. The van der Waals surface area contributed by atoms with Gasteiger partial charge in [-0.15, -0.1) is 0 Å². The van der Waals surface area contributed by atoms with E-state index >= 15 is 0 Å². The number of carbonyl (C=O) groups is 1. The van der Waals surface area contributed by atoms with Gasteiger partial charge in [-0.3, -0.25) is 9.69 Å². The van der Waals surface area contributed by atoms with Gasteiger partial charge in [0.05, 0.1) is 0 Å². The monoisotopic (exact) mass is 230 g/mol. The summed E-state index contributed by atoms with van der Waals surface area (Å²) in [6.07, 6.45) is 2.56. The predicted molar refractivity (Wildman–Crippen MR) is 61.3 cm³/mol. The fourth-order valence-electron chi connectivity index (χ4n) is 2.15. The molecule has 0 aromatic heterocycles. The van der Waals surface area contributed by atoms with E-state index in [0.29, 0.717) is 18.9 Å². The van der Waals surface area contributed by atoms with Crippen LogP contribution in [-0.4, -0.2) is 55.4 Å². The summed E-state index contributed by atoms with van der Waals surface area (Å²) in [7, 11) is 1.86. The van der Waals surface area contributed by atoms with Crippen molar-refractivity contribution >= 4 is 5.97 Å². The van der Waals surface area contributed by atoms with E-state index in [1.807, 2.05) is 11.9 Å². The van der Waals surface area contributed by atoms with Crippen molar-refractivity contribution in [2.24, 2.45) is 11.7 Å². The van der Waals surface area contributed by atoms with Gasteiger partial charge in [-0.25, -0.2) is 0 Å². The summed E-state index contributed by atoms with van der Waals surface area (Å²) in [6, 6.07) is -0.451. The fraction of sp³-hybridized carbons (Fsp3) is 0.909. The molecule has 5 nitrogen and oxygen atoms in total. The van der Waals surface area contributed by atoms with Gasteiger partial charge in [0.15, 0.2) is 0 Å². The Morgan fingerprint density at radius 1 is 1.56 bits per heavy atom. The van der Waals surface area contributed by atoms with E-state index in [1.165, 1.54) is 0 Å². The van der Waals surface area contributed by atoms with Gasteiger partial charge in [0.2, 0.25) is 0 Å². The first-order valence-corrected chi connectivity index (χ1v) is 5.86. The Hall–Kier alpha value is -0.650. The zero-order valence-corrected chi connectivity index (χ0v) is 9.89. The lowest BCUT2D eigenvalue weighted by molar-refractivity contribution is -0.143. The Kier molecular flexibility index (Phi) is 5.73. The number of nitrogens with two attached hydrogens (primary N) is 1. The normalized spacial score (nSPS) is 19.9. The molecule has 3 N–H and O–H groups in total. The molecule has 0 spiro atoms. The first-order valence-electron chi connectivity index (χ1n) is 5.86. The predicted octanol–water partition coefficient (Wildman–Crippen LogP) is 0.147. The summed E-state index contributed by atoms with van der Waals surface area (Å²) in [5, 5.41) is 9.08. The van der Waals surface area contributed by atoms with Gasteiger partial charge >= 0.3 is 5.97 Å². The maximum absolute atomic E-state index is 11.1. The van der Waals surface area contributed by atoms with E-state index in [0.717, 1.165) is 32.6 Å². The van der Waals surface area contributed by atoms with Gasteiger partial charge in [-0.1, -0.05) is 0 Å². The third-order valence-electron chi connectivity index (χ3n) is 3.14. The molecule has 5 heteroatoms. The summed E-state index contributed by atoms with van der Waals surface area (Å²) in [5.74, 6) is -0.224. The number of ether oxygens (including phenoxy) is 1. The maximum Gasteiger partial charge on any atom is 0.320 e. The molecular formula is C11H22N2O3. The molecule has 0 aliphatic carbocycles. The highest BCUT2D eigenvalue weighted by Crippen LogP contribution is 2.17. The van der Waals surface area contributed by atoms with Crippen molar-refractivity contribution in [1.82, 2.24) is 4.90 Å². The number of hydrogen-bond acceptors (Lipinski definition) is 4. The van der Waals surface area contributed by atoms with Crippen LogP contribution in [0.5, 0.6) is 0 Å². The number of nitrogens with zero attached hydrogens (tertiary/aromatic N) is 1. The van der Waals surface area contributed by atoms with Crippen LogP contribution in [-0.2, 0) is 9.53 Å². The van der Waals surface area contributed by atoms with Gasteiger partial charge in [0, 0.05) is 19.8 Å². The van der Waals surface area contributed by atoms with Crippen molar-refractivity contribution in [3.05, 3.63) is 0 Å². The van der Waals surface area contributed by atoms with E-state index in [-0.39, 0.29) is 0 Å². The van der Waals surface area contributed by atoms with Crippen molar-refractivity contribution in [2.45, 2.75) is 25.3 Å². The maximum atomic E-state index is 11.1. The molecule has 1 aliphatic rings. The standard InChI is InChI=1S/C11H22N2O3/c1-13(10(2-5-12)11(14)15)8-9-3-6-16-7-4-9/h9-10H,2-8,12H2,1H3,(H,14,15). The number of hydrogen-bond donors (Lipinski definition) is 2. The largest absolute Gasteiger partial charge is 0.480 e. The third-order valence-corrected chi connectivity index (χ3v) is 3.14. The summed E-state index contributed by atoms with van der Waals surface area (Å²) in [5.41, 5.74) is 5.43. The molecule has 0 aromatic carbocycles. The second-order valence-corrected chi connectivity index (χ2v) is 4.43. The van der Waals surface area contributed by atoms with Gasteiger partial charge in [-0.2, -0.15) is 0 Å². The molecule has 1 atom stereocenters. The first kappa shape index (κ1) is 13.4. The quantitative estimate of drug-likeness (QED) is 0.679. The molecule has 0 bridgehead atoms. The van der Waals surface area contributed by atoms with Gasteiger partial charge in [-0.05, 0) is 38.8 Å². The topological polar surface area (TPSA) is 75.8 Å². The molecule has 0 amide bonds. The Labute approximate surface area is 96.6 Å². The van der Waals surface area contributed by atoms with Crippen molar-refractivity contribution in [3.63, 3.8) is 0 Å². The van der Waals surface area contributed by atoms with Gasteiger partial charge < -0.3 is 15.6 Å². The van der Waals surface area contributed by atoms with E-state index in [9.17, 15) is 4.79 Å². The third kappa shape index (κ3) is 4.08. The highest BCUT2D eigenvalue weighted by atomic mass is 16.5. The van der Waals surface area contributed by atoms with Crippen LogP contribution in [0.1, 0.15) is 19.3 Å². The number of rotatable bonds is 6. The summed E-state index contributed by atoms with van der Waals surface area (Å²) < 4.78 is 5.28. The van der Waals surface area contributed by atoms with Crippen LogP contribution in [0.2, 0.25) is 0 Å². The van der Waals surface area contributed by atoms with Crippen molar-refractivity contribution in [1.29, 1.82) is 0 Å². The Balaban J connectivity index is 2.40. The van der Waals surface area contributed by atoms with Crippen LogP contribution >= 0.6 is 0 Å². The van der Waals surface area contributed by atoms with Crippen molar-refractivity contribution < 1.29 is 14.6 Å². The van der Waals surface area contributed by atoms with Crippen LogP contribution in [0, 0.1) is 5.92 Å². The second kappa shape index (κ2) is 6.83. The minimum absolute atomic E-state index is 0.412. The smallest absolute Gasteiger partial charge is 0.320 e. The average molecular weight is 230 g/mol. The molecule has 1 unspecified atom stereocenters. The summed E-state index contributed by atoms with van der Waals surface area (Å²) in [4.78, 5) is 13.0. The van der Waals surface area contributed by atoms with Crippen molar-refractivity contribution in [2.75, 3.05) is 33.4 Å². The first-order chi connectivity index (χ1) is 7.65. The molecule has 16 heavy (non-hydrogen) atoms. The van der Waals surface area contributed by atoms with Crippen molar-refractivity contribution in [3.8, 4) is 0 Å². The summed E-state index contributed by atoms with van der Waals surface area (Å²) in [6.45, 7) is 2.83. The Bertz CT molecular complexity index is 217. The average Bonchev–Trinajstić information content (AvgIpc) is 2.26. The van der Waals surface area contributed by atoms with E-state index in [2.05, 4.69) is 0 Å². The van der Waals surface area contributed by atoms with E-state index in [4.69, 9.17) is 15.6 Å². The zero-order valence-electron chi connectivity index (χ0n) is 9.89. The molecule has 0 saturated carbocycles. The Morgan fingerprint density at radius 2 is 2.19 bits per heavy atom. The van der Waals surface area contributed by atoms with Crippen LogP contribution in [0.15, 0.2) is 0 Å². The number of carboxylic acids is 1. The zero-order chi connectivity index (χ0) is 12.0. The number of carboxylic acid groups (broad SMARTS) is 1. The second-order valence-electron chi connectivity index (χ2n) is 4.43. The number of aliphatic carboxylic acids is 1. The minimum atomic E-state index is -0.778. The van der Waals surface area contributed by atoms with Crippen LogP contribution in [0.25, 0.3) is 0 Å². The summed E-state index contributed by atoms with van der Waals surface area (Å²) >= 11 is 0. The number of likely N-dealkylation sites (N-methyl/N-ethyl adjacent to an activating group) is 1. The van der Waals surface area contributed by atoms with E-state index < -0.39 is 12.0 Å². The fourth-order valence-corrected chi connectivity index (χ4v) is 2.15. The van der Waals surface area contributed by atoms with Crippen LogP contribution in [0.4, 0.5) is 0 Å². The molecule has 0 aromatic rings. The van der Waals surface area contributed by atoms with Crippen LogP contribution < -0.4 is 5.73 Å². The molecule has 1 heterocycles. The lowest BCUT2D eigenvalue weighted by Gasteiger charge is -2.30. The molecule has 94 valence electrons. The SMILES string of the molecule is CN(CC1CCOCC1)C(CCN)C(=O)O. The molecule has 1 rings (SSSR count). The molecule has 1 aliphatic heterocycles. The molecule has 1 saturated heterocycles. The lowest BCUT2D eigenvalue weighted by Crippen LogP contribution is -2.43. The van der Waals surface area contributed by atoms with Gasteiger partial charge in [0.1, 0.15) is 6.04 Å². The van der Waals surface area contributed by atoms with E-state index in [1.54, 1.807) is 0 Å². The molecule has 0 radical (unpaired) electrons. The Morgan fingerprint density at radius 3 is 2.69 bits per heavy atom. The highest BCUT2D eigenvalue weighted by molar-refractivity contribution is 5.73. The van der Waals surface area contributed by atoms with Gasteiger partial charge in [0.25, 0.3) is 0 Å². The highest BCUT2D eigenvalue weighted by Gasteiger charge is 2.24. The molecular weight excluding hydrogens is 208 g/mol. The van der Waals surface area contributed by atoms with Crippen LogP contribution in [0.3, 0.4) is 0 Å².